The van der Waals surface area contributed by atoms with Crippen LogP contribution in [0, 0.1) is 6.92 Å². The number of anilines is 1. The summed E-state index contributed by atoms with van der Waals surface area (Å²) in [6, 6.07) is 20.9. The van der Waals surface area contributed by atoms with Gasteiger partial charge in [-0.1, -0.05) is 59.6 Å². The van der Waals surface area contributed by atoms with Crippen LogP contribution < -0.4 is 5.32 Å². The van der Waals surface area contributed by atoms with E-state index in [2.05, 4.69) is 5.32 Å². The van der Waals surface area contributed by atoms with Crippen LogP contribution in [0.1, 0.15) is 46.0 Å². The van der Waals surface area contributed by atoms with Crippen LogP contribution in [0.15, 0.2) is 72.8 Å². The Kier molecular flexibility index (Phi) is 7.15. The van der Waals surface area contributed by atoms with Crippen LogP contribution in [0.3, 0.4) is 0 Å². The maximum Gasteiger partial charge on any atom is 0.411 e. The maximum atomic E-state index is 13.6. The molecule has 3 aromatic rings. The molecule has 0 radical (unpaired) electrons. The lowest BCUT2D eigenvalue weighted by Crippen LogP contribution is -2.47. The van der Waals surface area contributed by atoms with E-state index in [0.717, 1.165) is 24.0 Å². The summed E-state index contributed by atoms with van der Waals surface area (Å²) >= 11 is 6.00. The van der Waals surface area contributed by atoms with Crippen LogP contribution in [0.4, 0.5) is 10.5 Å². The number of aryl methyl sites for hydroxylation is 1. The molecule has 3 aromatic carbocycles. The van der Waals surface area contributed by atoms with Gasteiger partial charge in [-0.25, -0.2) is 4.79 Å². The van der Waals surface area contributed by atoms with Crippen LogP contribution in [-0.2, 0) is 16.1 Å². The maximum absolute atomic E-state index is 13.6. The van der Waals surface area contributed by atoms with Crippen LogP contribution in [0.2, 0.25) is 5.02 Å². The summed E-state index contributed by atoms with van der Waals surface area (Å²) < 4.78 is 5.79. The van der Waals surface area contributed by atoms with Gasteiger partial charge in [-0.15, -0.1) is 0 Å². The average molecular weight is 518 g/mol. The normalized spacial score (nSPS) is 19.1. The fourth-order valence-electron chi connectivity index (χ4n) is 4.80. The van der Waals surface area contributed by atoms with Crippen molar-refractivity contribution >= 4 is 35.2 Å². The lowest BCUT2D eigenvalue weighted by molar-refractivity contribution is -0.135. The first-order valence-corrected chi connectivity index (χ1v) is 12.8. The van der Waals surface area contributed by atoms with Crippen molar-refractivity contribution in [3.63, 3.8) is 0 Å². The molecule has 5 rings (SSSR count). The number of hydrogen-bond donors (Lipinski definition) is 1. The molecule has 2 heterocycles. The topological polar surface area (TPSA) is 79.0 Å². The number of nitrogens with one attached hydrogen (secondary N) is 1. The number of benzene rings is 3. The van der Waals surface area contributed by atoms with Gasteiger partial charge in [-0.2, -0.15) is 0 Å². The first-order chi connectivity index (χ1) is 17.9. The number of cyclic esters (lactones) is 1. The predicted molar refractivity (Wildman–Crippen MR) is 141 cm³/mol. The lowest BCUT2D eigenvalue weighted by atomic mass is 9.99. The third-order valence-corrected chi connectivity index (χ3v) is 7.05. The highest BCUT2D eigenvalue weighted by atomic mass is 35.5. The number of rotatable bonds is 6. The molecule has 7 nitrogen and oxygen atoms in total. The second-order valence-corrected chi connectivity index (χ2v) is 9.92. The summed E-state index contributed by atoms with van der Waals surface area (Å²) in [4.78, 5) is 42.6. The van der Waals surface area contributed by atoms with Gasteiger partial charge in [0.15, 0.2) is 12.1 Å². The third kappa shape index (κ3) is 5.47. The number of carbonyl (C=O) groups excluding carboxylic acids is 3. The highest BCUT2D eigenvalue weighted by Crippen LogP contribution is 2.36. The fraction of sp³-hybridized carbons (Fsp3) is 0.276. The summed E-state index contributed by atoms with van der Waals surface area (Å²) in [7, 11) is 0. The third-order valence-electron chi connectivity index (χ3n) is 6.81. The first kappa shape index (κ1) is 24.8. The van der Waals surface area contributed by atoms with E-state index in [9.17, 15) is 14.4 Å². The van der Waals surface area contributed by atoms with Crippen molar-refractivity contribution in [3.05, 3.63) is 100 Å². The second kappa shape index (κ2) is 10.6. The van der Waals surface area contributed by atoms with Gasteiger partial charge in [0.2, 0.25) is 5.91 Å². The Hall–Kier alpha value is -3.84. The highest BCUT2D eigenvalue weighted by molar-refractivity contribution is 6.31. The number of amides is 3. The van der Waals surface area contributed by atoms with Crippen molar-refractivity contribution in [1.29, 1.82) is 0 Å². The van der Waals surface area contributed by atoms with Gasteiger partial charge in [0.1, 0.15) is 0 Å². The molecule has 2 unspecified atom stereocenters. The van der Waals surface area contributed by atoms with Gasteiger partial charge >= 0.3 is 6.09 Å². The molecule has 3 amide bonds. The minimum absolute atomic E-state index is 0.0983. The summed E-state index contributed by atoms with van der Waals surface area (Å²) in [5, 5.41) is 3.33. The van der Waals surface area contributed by atoms with Crippen LogP contribution >= 0.6 is 11.6 Å². The van der Waals surface area contributed by atoms with E-state index < -0.39 is 18.2 Å². The number of likely N-dealkylation sites (tertiary alicyclic amines) is 1. The summed E-state index contributed by atoms with van der Waals surface area (Å²) in [5.74, 6) is -0.382. The van der Waals surface area contributed by atoms with Crippen LogP contribution in [0.25, 0.3) is 0 Å². The molecule has 2 atom stereocenters. The zero-order chi connectivity index (χ0) is 25.9. The summed E-state index contributed by atoms with van der Waals surface area (Å²) in [6.45, 7) is 3.66. The Bertz CT molecular complexity index is 1300. The molecule has 37 heavy (non-hydrogen) atoms. The molecule has 2 fully saturated rings. The van der Waals surface area contributed by atoms with E-state index in [1.165, 1.54) is 4.90 Å². The molecule has 0 aromatic heterocycles. The molecule has 0 aliphatic carbocycles. The Morgan fingerprint density at radius 1 is 1.00 bits per heavy atom. The highest BCUT2D eigenvalue weighted by Gasteiger charge is 2.48. The van der Waals surface area contributed by atoms with Crippen molar-refractivity contribution in [2.45, 2.75) is 38.5 Å². The van der Waals surface area contributed by atoms with Crippen molar-refractivity contribution in [2.24, 2.45) is 0 Å². The van der Waals surface area contributed by atoms with E-state index in [4.69, 9.17) is 16.3 Å². The average Bonchev–Trinajstić information content (AvgIpc) is 3.54. The van der Waals surface area contributed by atoms with Gasteiger partial charge in [-0.05, 0) is 61.2 Å². The van der Waals surface area contributed by atoms with Crippen LogP contribution in [-0.4, -0.2) is 46.8 Å². The van der Waals surface area contributed by atoms with Gasteiger partial charge in [-0.3, -0.25) is 14.5 Å². The van der Waals surface area contributed by atoms with Crippen molar-refractivity contribution in [2.75, 3.05) is 18.4 Å². The van der Waals surface area contributed by atoms with Gasteiger partial charge in [0.25, 0.3) is 5.91 Å². The number of hydrogen-bond acceptors (Lipinski definition) is 4. The number of halogens is 1. The van der Waals surface area contributed by atoms with E-state index in [1.54, 1.807) is 48.5 Å². The van der Waals surface area contributed by atoms with Gasteiger partial charge < -0.3 is 15.0 Å². The van der Waals surface area contributed by atoms with E-state index in [-0.39, 0.29) is 18.4 Å². The minimum Gasteiger partial charge on any atom is -0.438 e. The quantitative estimate of drug-likeness (QED) is 0.462. The molecular weight excluding hydrogens is 490 g/mol. The molecule has 8 heteroatoms. The monoisotopic (exact) mass is 517 g/mol. The number of nitrogens with zero attached hydrogens (tertiary/aromatic N) is 2. The minimum atomic E-state index is -0.765. The number of ether oxygens (including phenoxy) is 1. The van der Waals surface area contributed by atoms with E-state index in [1.807, 2.05) is 36.1 Å². The standard InChI is InChI=1S/C29H28ClN3O4/c1-19-7-9-20(10-8-19)18-33-25(28(35)32-15-2-3-16-32)26(37-29(33)36)21-11-13-24(14-12-21)31-27(34)22-5-4-6-23(30)17-22/h4-14,17,25-26H,2-3,15-16,18H2,1H3,(H,31,34). The smallest absolute Gasteiger partial charge is 0.411 e. The predicted octanol–water partition coefficient (Wildman–Crippen LogP) is 5.59. The zero-order valence-electron chi connectivity index (χ0n) is 20.5. The van der Waals surface area contributed by atoms with E-state index in [0.29, 0.717) is 34.9 Å². The van der Waals surface area contributed by atoms with Crippen molar-refractivity contribution in [3.8, 4) is 0 Å². The Morgan fingerprint density at radius 3 is 2.38 bits per heavy atom. The Labute approximate surface area is 221 Å². The fourth-order valence-corrected chi connectivity index (χ4v) is 4.99. The lowest BCUT2D eigenvalue weighted by Gasteiger charge is -2.28. The molecule has 0 bridgehead atoms. The summed E-state index contributed by atoms with van der Waals surface area (Å²) in [5.41, 5.74) is 3.78. The van der Waals surface area contributed by atoms with Crippen molar-refractivity contribution in [1.82, 2.24) is 9.80 Å². The molecular formula is C29H28ClN3O4. The molecule has 2 aliphatic rings. The molecule has 0 saturated carbocycles. The van der Waals surface area contributed by atoms with Gasteiger partial charge in [0, 0.05) is 29.4 Å². The largest absolute Gasteiger partial charge is 0.438 e. The molecule has 190 valence electrons. The first-order valence-electron chi connectivity index (χ1n) is 12.4. The zero-order valence-corrected chi connectivity index (χ0v) is 21.3. The summed E-state index contributed by atoms with van der Waals surface area (Å²) in [6.07, 6.45) is 0.651. The second-order valence-electron chi connectivity index (χ2n) is 9.48. The van der Waals surface area contributed by atoms with Gasteiger partial charge in [0.05, 0.1) is 6.54 Å². The number of carbonyl (C=O) groups is 3. The van der Waals surface area contributed by atoms with Crippen LogP contribution in [0.5, 0.6) is 0 Å². The van der Waals surface area contributed by atoms with E-state index >= 15 is 0 Å². The Balaban J connectivity index is 1.37. The molecule has 2 saturated heterocycles. The molecule has 1 N–H and O–H groups in total. The Morgan fingerprint density at radius 2 is 1.70 bits per heavy atom. The molecule has 2 aliphatic heterocycles. The SMILES string of the molecule is Cc1ccc(CN2C(=O)OC(c3ccc(NC(=O)c4cccc(Cl)c4)cc3)C2C(=O)N2CCCC2)cc1. The van der Waals surface area contributed by atoms with Crippen molar-refractivity contribution < 1.29 is 19.1 Å². The molecule has 0 spiro atoms.